The molecule has 2 atom stereocenters. The summed E-state index contributed by atoms with van der Waals surface area (Å²) in [4.78, 5) is 0. The topological polar surface area (TPSA) is 30.5 Å². The van der Waals surface area contributed by atoms with Crippen LogP contribution in [0.2, 0.25) is 0 Å². The van der Waals surface area contributed by atoms with Crippen molar-refractivity contribution in [2.75, 3.05) is 19.0 Å². The summed E-state index contributed by atoms with van der Waals surface area (Å²) in [5.74, 6) is 0.902. The first-order valence-corrected chi connectivity index (χ1v) is 6.23. The van der Waals surface area contributed by atoms with Crippen molar-refractivity contribution in [3.63, 3.8) is 0 Å². The van der Waals surface area contributed by atoms with Gasteiger partial charge in [-0.15, -0.1) is 0 Å². The number of ether oxygens (including phenoxy) is 2. The zero-order chi connectivity index (χ0) is 12.3. The Morgan fingerprint density at radius 3 is 2.82 bits per heavy atom. The second kappa shape index (κ2) is 5.41. The lowest BCUT2D eigenvalue weighted by Gasteiger charge is -2.15. The minimum absolute atomic E-state index is 0.353. The number of rotatable bonds is 4. The second-order valence-corrected chi connectivity index (χ2v) is 4.71. The monoisotopic (exact) mass is 235 g/mol. The van der Waals surface area contributed by atoms with Gasteiger partial charge in [0.05, 0.1) is 19.3 Å². The highest BCUT2D eigenvalue weighted by Crippen LogP contribution is 2.23. The Morgan fingerprint density at radius 2 is 2.24 bits per heavy atom. The van der Waals surface area contributed by atoms with Gasteiger partial charge < -0.3 is 14.8 Å². The zero-order valence-corrected chi connectivity index (χ0v) is 10.8. The van der Waals surface area contributed by atoms with E-state index in [0.717, 1.165) is 24.4 Å². The Morgan fingerprint density at radius 1 is 1.41 bits per heavy atom. The fourth-order valence-electron chi connectivity index (χ4n) is 2.22. The van der Waals surface area contributed by atoms with Crippen LogP contribution >= 0.6 is 0 Å². The second-order valence-electron chi connectivity index (χ2n) is 4.71. The van der Waals surface area contributed by atoms with Crippen LogP contribution in [0.25, 0.3) is 0 Å². The Hall–Kier alpha value is -1.22. The third kappa shape index (κ3) is 3.13. The van der Waals surface area contributed by atoms with Crippen molar-refractivity contribution in [1.82, 2.24) is 0 Å². The summed E-state index contributed by atoms with van der Waals surface area (Å²) < 4.78 is 11.0. The number of methoxy groups -OCH3 is 1. The average molecular weight is 235 g/mol. The van der Waals surface area contributed by atoms with Crippen LogP contribution in [0.5, 0.6) is 5.75 Å². The van der Waals surface area contributed by atoms with E-state index >= 15 is 0 Å². The van der Waals surface area contributed by atoms with Crippen LogP contribution in [0.15, 0.2) is 18.2 Å². The quantitative estimate of drug-likeness (QED) is 0.870. The van der Waals surface area contributed by atoms with E-state index in [1.54, 1.807) is 7.11 Å². The molecule has 17 heavy (non-hydrogen) atoms. The van der Waals surface area contributed by atoms with Crippen LogP contribution in [0, 0.1) is 6.92 Å². The first-order chi connectivity index (χ1) is 8.19. The number of hydrogen-bond donors (Lipinski definition) is 1. The standard InChI is InChI=1S/C14H21NO2/c1-10-8-12(16-3)6-7-14(10)15-9-13-5-4-11(2)17-13/h6-8,11,13,15H,4-5,9H2,1-3H3. The maximum absolute atomic E-state index is 5.78. The maximum Gasteiger partial charge on any atom is 0.119 e. The van der Waals surface area contributed by atoms with Crippen molar-refractivity contribution in [3.05, 3.63) is 23.8 Å². The van der Waals surface area contributed by atoms with E-state index in [1.165, 1.54) is 12.0 Å². The van der Waals surface area contributed by atoms with Crippen molar-refractivity contribution >= 4 is 5.69 Å². The molecule has 1 aliphatic heterocycles. The largest absolute Gasteiger partial charge is 0.497 e. The van der Waals surface area contributed by atoms with Gasteiger partial charge in [0, 0.05) is 12.2 Å². The molecule has 94 valence electrons. The fraction of sp³-hybridized carbons (Fsp3) is 0.571. The summed E-state index contributed by atoms with van der Waals surface area (Å²) in [7, 11) is 1.69. The third-order valence-corrected chi connectivity index (χ3v) is 3.27. The maximum atomic E-state index is 5.78. The van der Waals surface area contributed by atoms with Crippen LogP contribution in [-0.2, 0) is 4.74 Å². The van der Waals surface area contributed by atoms with Gasteiger partial charge in [0.25, 0.3) is 0 Å². The first kappa shape index (κ1) is 12.2. The molecular formula is C14H21NO2. The first-order valence-electron chi connectivity index (χ1n) is 6.23. The van der Waals surface area contributed by atoms with Crippen molar-refractivity contribution in [3.8, 4) is 5.75 Å². The fourth-order valence-corrected chi connectivity index (χ4v) is 2.22. The summed E-state index contributed by atoms with van der Waals surface area (Å²) in [5, 5.41) is 3.45. The Bertz CT molecular complexity index is 378. The molecule has 0 spiro atoms. The van der Waals surface area contributed by atoms with Gasteiger partial charge in [-0.25, -0.2) is 0 Å². The summed E-state index contributed by atoms with van der Waals surface area (Å²) in [6.45, 7) is 5.11. The summed E-state index contributed by atoms with van der Waals surface area (Å²) in [6.07, 6.45) is 3.10. The van der Waals surface area contributed by atoms with Crippen LogP contribution in [0.4, 0.5) is 5.69 Å². The van der Waals surface area contributed by atoms with Gasteiger partial charge in [0.15, 0.2) is 0 Å². The Kier molecular flexibility index (Phi) is 3.89. The molecule has 1 aliphatic rings. The molecule has 1 N–H and O–H groups in total. The Labute approximate surface area is 103 Å². The van der Waals surface area contributed by atoms with Crippen LogP contribution < -0.4 is 10.1 Å². The number of aryl methyl sites for hydroxylation is 1. The van der Waals surface area contributed by atoms with E-state index in [1.807, 2.05) is 12.1 Å². The molecule has 0 saturated carbocycles. The SMILES string of the molecule is COc1ccc(NCC2CCC(C)O2)c(C)c1. The highest BCUT2D eigenvalue weighted by molar-refractivity contribution is 5.53. The van der Waals surface area contributed by atoms with Crippen LogP contribution in [-0.4, -0.2) is 25.9 Å². The van der Waals surface area contributed by atoms with E-state index in [9.17, 15) is 0 Å². The molecule has 3 nitrogen and oxygen atoms in total. The molecule has 1 saturated heterocycles. The van der Waals surface area contributed by atoms with Crippen molar-refractivity contribution in [1.29, 1.82) is 0 Å². The molecule has 1 heterocycles. The molecule has 1 aromatic rings. The minimum atomic E-state index is 0.353. The van der Waals surface area contributed by atoms with Gasteiger partial charge in [-0.1, -0.05) is 0 Å². The molecule has 0 amide bonds. The van der Waals surface area contributed by atoms with Gasteiger partial charge >= 0.3 is 0 Å². The molecule has 2 unspecified atom stereocenters. The van der Waals surface area contributed by atoms with E-state index in [0.29, 0.717) is 12.2 Å². The molecule has 2 rings (SSSR count). The molecule has 3 heteroatoms. The number of benzene rings is 1. The van der Waals surface area contributed by atoms with Gasteiger partial charge in [-0.05, 0) is 50.5 Å². The molecule has 1 fully saturated rings. The molecular weight excluding hydrogens is 214 g/mol. The van der Waals surface area contributed by atoms with Gasteiger partial charge in [-0.3, -0.25) is 0 Å². The van der Waals surface area contributed by atoms with Gasteiger partial charge in [0.1, 0.15) is 5.75 Å². The summed E-state index contributed by atoms with van der Waals surface area (Å²) in [5.41, 5.74) is 2.37. The third-order valence-electron chi connectivity index (χ3n) is 3.27. The molecule has 0 radical (unpaired) electrons. The van der Waals surface area contributed by atoms with Crippen molar-refractivity contribution in [2.24, 2.45) is 0 Å². The van der Waals surface area contributed by atoms with Crippen molar-refractivity contribution in [2.45, 2.75) is 38.9 Å². The van der Waals surface area contributed by atoms with Crippen LogP contribution in [0.3, 0.4) is 0 Å². The number of nitrogens with one attached hydrogen (secondary N) is 1. The van der Waals surface area contributed by atoms with Crippen LogP contribution in [0.1, 0.15) is 25.3 Å². The molecule has 0 aliphatic carbocycles. The van der Waals surface area contributed by atoms with Gasteiger partial charge in [0.2, 0.25) is 0 Å². The number of hydrogen-bond acceptors (Lipinski definition) is 3. The highest BCUT2D eigenvalue weighted by Gasteiger charge is 2.21. The smallest absolute Gasteiger partial charge is 0.119 e. The molecule has 0 bridgehead atoms. The van der Waals surface area contributed by atoms with E-state index < -0.39 is 0 Å². The average Bonchev–Trinajstić information content (AvgIpc) is 2.73. The van der Waals surface area contributed by atoms with E-state index in [4.69, 9.17) is 9.47 Å². The van der Waals surface area contributed by atoms with E-state index in [2.05, 4.69) is 25.2 Å². The predicted molar refractivity (Wildman–Crippen MR) is 69.8 cm³/mol. The highest BCUT2D eigenvalue weighted by atomic mass is 16.5. The lowest BCUT2D eigenvalue weighted by molar-refractivity contribution is 0.0637. The lowest BCUT2D eigenvalue weighted by Crippen LogP contribution is -2.20. The normalized spacial score (nSPS) is 23.7. The molecule has 1 aromatic carbocycles. The lowest BCUT2D eigenvalue weighted by atomic mass is 10.1. The van der Waals surface area contributed by atoms with E-state index in [-0.39, 0.29) is 0 Å². The summed E-state index contributed by atoms with van der Waals surface area (Å²) in [6, 6.07) is 6.08. The predicted octanol–water partition coefficient (Wildman–Crippen LogP) is 2.98. The van der Waals surface area contributed by atoms with Gasteiger partial charge in [-0.2, -0.15) is 0 Å². The number of anilines is 1. The Balaban J connectivity index is 1.90. The molecule has 0 aromatic heterocycles. The zero-order valence-electron chi connectivity index (χ0n) is 10.8. The van der Waals surface area contributed by atoms with Crippen molar-refractivity contribution < 1.29 is 9.47 Å². The summed E-state index contributed by atoms with van der Waals surface area (Å²) >= 11 is 0. The minimum Gasteiger partial charge on any atom is -0.497 e.